The Labute approximate surface area is 131 Å². The van der Waals surface area contributed by atoms with E-state index in [0.29, 0.717) is 18.7 Å². The highest BCUT2D eigenvalue weighted by Crippen LogP contribution is 2.31. The molecule has 0 radical (unpaired) electrons. The molecule has 1 aliphatic rings. The van der Waals surface area contributed by atoms with Gasteiger partial charge in [-0.3, -0.25) is 9.79 Å². The van der Waals surface area contributed by atoms with Crippen molar-refractivity contribution in [3.8, 4) is 5.75 Å². The zero-order chi connectivity index (χ0) is 16.2. The Morgan fingerprint density at radius 2 is 2.05 bits per heavy atom. The average Bonchev–Trinajstić information content (AvgIpc) is 2.59. The maximum absolute atomic E-state index is 12.7. The van der Waals surface area contributed by atoms with Gasteiger partial charge in [-0.05, 0) is 35.8 Å². The Bertz CT molecular complexity index is 637. The SMILES string of the molecule is CC(C)(C)c1cc(C(=O)N2/C=C\CN=C/C=C\C2)ccc1O. The van der Waals surface area contributed by atoms with Crippen molar-refractivity contribution in [1.82, 2.24) is 4.90 Å². The number of phenolic OH excluding ortho intramolecular Hbond substituents is 1. The summed E-state index contributed by atoms with van der Waals surface area (Å²) in [7, 11) is 0. The smallest absolute Gasteiger partial charge is 0.258 e. The zero-order valence-electron chi connectivity index (χ0n) is 13.3. The van der Waals surface area contributed by atoms with Gasteiger partial charge < -0.3 is 10.0 Å². The number of carbonyl (C=O) groups is 1. The minimum atomic E-state index is -0.225. The minimum absolute atomic E-state index is 0.0895. The molecule has 4 nitrogen and oxygen atoms in total. The molecule has 22 heavy (non-hydrogen) atoms. The number of carbonyl (C=O) groups excluding carboxylic acids is 1. The number of aliphatic imine (C=N–C) groups is 1. The summed E-state index contributed by atoms with van der Waals surface area (Å²) in [4.78, 5) is 18.5. The molecular weight excluding hydrogens is 276 g/mol. The Balaban J connectivity index is 2.31. The molecule has 1 aliphatic heterocycles. The Morgan fingerprint density at radius 1 is 1.27 bits per heavy atom. The van der Waals surface area contributed by atoms with E-state index in [9.17, 15) is 9.90 Å². The lowest BCUT2D eigenvalue weighted by atomic mass is 9.85. The molecular formula is C18H22N2O2. The minimum Gasteiger partial charge on any atom is -0.508 e. The van der Waals surface area contributed by atoms with E-state index < -0.39 is 0 Å². The number of hydrogen-bond acceptors (Lipinski definition) is 3. The highest BCUT2D eigenvalue weighted by atomic mass is 16.3. The number of rotatable bonds is 1. The van der Waals surface area contributed by atoms with Crippen molar-refractivity contribution < 1.29 is 9.90 Å². The molecule has 0 fully saturated rings. The van der Waals surface area contributed by atoms with Gasteiger partial charge in [0.15, 0.2) is 0 Å². The van der Waals surface area contributed by atoms with Gasteiger partial charge >= 0.3 is 0 Å². The summed E-state index contributed by atoms with van der Waals surface area (Å²) in [6.07, 6.45) is 9.08. The van der Waals surface area contributed by atoms with Crippen LogP contribution >= 0.6 is 0 Å². The molecule has 0 saturated heterocycles. The van der Waals surface area contributed by atoms with E-state index in [1.807, 2.05) is 39.0 Å². The van der Waals surface area contributed by atoms with Gasteiger partial charge in [0, 0.05) is 30.1 Å². The van der Waals surface area contributed by atoms with Crippen molar-refractivity contribution in [2.24, 2.45) is 4.99 Å². The summed E-state index contributed by atoms with van der Waals surface area (Å²) in [5.41, 5.74) is 1.11. The molecule has 0 bridgehead atoms. The van der Waals surface area contributed by atoms with E-state index >= 15 is 0 Å². The van der Waals surface area contributed by atoms with Crippen LogP contribution in [-0.2, 0) is 5.41 Å². The van der Waals surface area contributed by atoms with Crippen LogP contribution in [0.4, 0.5) is 0 Å². The van der Waals surface area contributed by atoms with Gasteiger partial charge in [-0.15, -0.1) is 0 Å². The van der Waals surface area contributed by atoms with E-state index in [-0.39, 0.29) is 17.1 Å². The molecule has 1 aromatic rings. The van der Waals surface area contributed by atoms with Crippen LogP contribution in [0.15, 0.2) is 47.6 Å². The number of allylic oxidation sites excluding steroid dienone is 1. The summed E-state index contributed by atoms with van der Waals surface area (Å²) < 4.78 is 0. The molecule has 0 aromatic heterocycles. The molecule has 0 saturated carbocycles. The number of amides is 1. The quantitative estimate of drug-likeness (QED) is 0.865. The van der Waals surface area contributed by atoms with Gasteiger partial charge in [-0.25, -0.2) is 0 Å². The summed E-state index contributed by atoms with van der Waals surface area (Å²) in [5.74, 6) is 0.130. The first-order chi connectivity index (χ1) is 10.4. The first-order valence-corrected chi connectivity index (χ1v) is 7.35. The van der Waals surface area contributed by atoms with Crippen LogP contribution in [0, 0.1) is 0 Å². The monoisotopic (exact) mass is 298 g/mol. The number of benzene rings is 1. The molecule has 0 aliphatic carbocycles. The predicted octanol–water partition coefficient (Wildman–Crippen LogP) is 3.29. The molecule has 1 amide bonds. The molecule has 116 valence electrons. The third-order valence-corrected chi connectivity index (χ3v) is 3.44. The highest BCUT2D eigenvalue weighted by Gasteiger charge is 2.21. The third-order valence-electron chi connectivity index (χ3n) is 3.44. The second-order valence-electron chi connectivity index (χ2n) is 6.27. The Kier molecular flexibility index (Phi) is 4.81. The van der Waals surface area contributed by atoms with Gasteiger partial charge in [-0.2, -0.15) is 0 Å². The van der Waals surface area contributed by atoms with Crippen molar-refractivity contribution >= 4 is 12.1 Å². The molecule has 0 spiro atoms. The van der Waals surface area contributed by atoms with E-state index in [0.717, 1.165) is 5.56 Å². The van der Waals surface area contributed by atoms with E-state index in [1.54, 1.807) is 35.5 Å². The lowest BCUT2D eigenvalue weighted by Gasteiger charge is -2.22. The third kappa shape index (κ3) is 3.85. The second-order valence-corrected chi connectivity index (χ2v) is 6.27. The first-order valence-electron chi connectivity index (χ1n) is 7.35. The van der Waals surface area contributed by atoms with E-state index in [1.165, 1.54) is 0 Å². The molecule has 0 atom stereocenters. The Hall–Kier alpha value is -2.36. The molecule has 1 heterocycles. The Morgan fingerprint density at radius 3 is 2.77 bits per heavy atom. The van der Waals surface area contributed by atoms with Gasteiger partial charge in [0.25, 0.3) is 5.91 Å². The molecule has 2 rings (SSSR count). The summed E-state index contributed by atoms with van der Waals surface area (Å²) >= 11 is 0. The van der Waals surface area contributed by atoms with E-state index in [4.69, 9.17) is 0 Å². The van der Waals surface area contributed by atoms with Crippen LogP contribution in [0.3, 0.4) is 0 Å². The van der Waals surface area contributed by atoms with Crippen molar-refractivity contribution in [3.63, 3.8) is 0 Å². The van der Waals surface area contributed by atoms with Crippen molar-refractivity contribution in [2.45, 2.75) is 26.2 Å². The maximum atomic E-state index is 12.7. The average molecular weight is 298 g/mol. The van der Waals surface area contributed by atoms with Crippen LogP contribution in [0.5, 0.6) is 5.75 Å². The van der Waals surface area contributed by atoms with Crippen LogP contribution in [0.25, 0.3) is 0 Å². The normalized spacial score (nSPS) is 18.2. The lowest BCUT2D eigenvalue weighted by molar-refractivity contribution is 0.0834. The second kappa shape index (κ2) is 6.60. The highest BCUT2D eigenvalue weighted by molar-refractivity contribution is 5.95. The molecule has 1 N–H and O–H groups in total. The van der Waals surface area contributed by atoms with Crippen LogP contribution in [0.2, 0.25) is 0 Å². The molecule has 4 heteroatoms. The zero-order valence-corrected chi connectivity index (χ0v) is 13.3. The van der Waals surface area contributed by atoms with Crippen molar-refractivity contribution in [3.05, 3.63) is 53.8 Å². The summed E-state index contributed by atoms with van der Waals surface area (Å²) in [6.45, 7) is 7.08. The fraction of sp³-hybridized carbons (Fsp3) is 0.333. The summed E-state index contributed by atoms with van der Waals surface area (Å²) in [5, 5.41) is 10.0. The summed E-state index contributed by atoms with van der Waals surface area (Å²) in [6, 6.07) is 5.03. The maximum Gasteiger partial charge on any atom is 0.258 e. The molecule has 1 aromatic carbocycles. The van der Waals surface area contributed by atoms with Gasteiger partial charge in [0.05, 0.1) is 6.54 Å². The first kappa shape index (κ1) is 16.0. The number of nitrogens with zero attached hydrogens (tertiary/aromatic N) is 2. The lowest BCUT2D eigenvalue weighted by Crippen LogP contribution is -2.26. The van der Waals surface area contributed by atoms with E-state index in [2.05, 4.69) is 4.99 Å². The standard InChI is InChI=1S/C18H22N2O2/c1-18(2,3)15-13-14(7-8-16(15)21)17(22)20-11-5-4-9-19-10-6-12-20/h4-9,12-13,21H,10-11H2,1-3H3/b5-4-,12-6-,19-9?. The van der Waals surface area contributed by atoms with Gasteiger partial charge in [-0.1, -0.05) is 26.8 Å². The van der Waals surface area contributed by atoms with Crippen molar-refractivity contribution in [2.75, 3.05) is 13.1 Å². The predicted molar refractivity (Wildman–Crippen MR) is 89.5 cm³/mol. The van der Waals surface area contributed by atoms with Gasteiger partial charge in [0.1, 0.15) is 5.75 Å². The molecule has 0 unspecified atom stereocenters. The van der Waals surface area contributed by atoms with Gasteiger partial charge in [0.2, 0.25) is 0 Å². The van der Waals surface area contributed by atoms with Crippen LogP contribution in [0.1, 0.15) is 36.7 Å². The topological polar surface area (TPSA) is 52.9 Å². The van der Waals surface area contributed by atoms with Crippen LogP contribution in [-0.4, -0.2) is 35.2 Å². The number of hydrogen-bond donors (Lipinski definition) is 1. The van der Waals surface area contributed by atoms with Crippen LogP contribution < -0.4 is 0 Å². The largest absolute Gasteiger partial charge is 0.508 e. The fourth-order valence-corrected chi connectivity index (χ4v) is 2.24. The van der Waals surface area contributed by atoms with Crippen molar-refractivity contribution in [1.29, 1.82) is 0 Å². The number of phenols is 1. The fourth-order valence-electron chi connectivity index (χ4n) is 2.24. The number of aromatic hydroxyl groups is 1.